The van der Waals surface area contributed by atoms with E-state index in [1.54, 1.807) is 4.57 Å². The van der Waals surface area contributed by atoms with Gasteiger partial charge in [-0.2, -0.15) is 9.44 Å². The van der Waals surface area contributed by atoms with Crippen molar-refractivity contribution in [3.05, 3.63) is 24.1 Å². The highest BCUT2D eigenvalue weighted by Gasteiger charge is 2.22. The van der Waals surface area contributed by atoms with E-state index in [-0.39, 0.29) is 0 Å². The molecule has 0 saturated carbocycles. The molecule has 0 amide bonds. The van der Waals surface area contributed by atoms with Crippen LogP contribution in [0.25, 0.3) is 0 Å². The molecule has 0 aliphatic carbocycles. The molecule has 2 aromatic rings. The molecule has 1 radical (unpaired) electrons. The van der Waals surface area contributed by atoms with E-state index in [1.165, 1.54) is 29.3 Å². The van der Waals surface area contributed by atoms with Gasteiger partial charge >= 0.3 is 0 Å². The molecule has 1 aliphatic rings. The number of nitrogens with zero attached hydrogens (tertiary/aromatic N) is 6. The first-order chi connectivity index (χ1) is 7.43. The zero-order valence-corrected chi connectivity index (χ0v) is 8.20. The summed E-state index contributed by atoms with van der Waals surface area (Å²) in [5.41, 5.74) is 0. The largest absolute Gasteiger partial charge is 0.272 e. The van der Waals surface area contributed by atoms with Crippen LogP contribution >= 0.6 is 11.5 Å². The van der Waals surface area contributed by atoms with Crippen LogP contribution in [0, 0.1) is 0 Å². The van der Waals surface area contributed by atoms with E-state index >= 15 is 0 Å². The summed E-state index contributed by atoms with van der Waals surface area (Å²) in [5, 5.41) is 10.6. The predicted octanol–water partition coefficient (Wildman–Crippen LogP) is 0.548. The lowest BCUT2D eigenvalue weighted by Gasteiger charge is -2.12. The van der Waals surface area contributed by atoms with Crippen LogP contribution in [0.15, 0.2) is 29.1 Å². The standard InChI is InChI=1S/C7H5N6OS/c1-2-15-11-6(1)13-3-8-7(14-13)12-4-9-10-5-12/h1-2,4-5,7H. The summed E-state index contributed by atoms with van der Waals surface area (Å²) in [6.45, 7) is 0. The quantitative estimate of drug-likeness (QED) is 0.740. The molecule has 1 atom stereocenters. The van der Waals surface area contributed by atoms with E-state index in [2.05, 4.69) is 25.9 Å². The van der Waals surface area contributed by atoms with Gasteiger partial charge in [0.1, 0.15) is 12.7 Å². The van der Waals surface area contributed by atoms with Crippen molar-refractivity contribution >= 4 is 23.7 Å². The van der Waals surface area contributed by atoms with Crippen molar-refractivity contribution in [1.82, 2.24) is 19.1 Å². The van der Waals surface area contributed by atoms with Gasteiger partial charge in [-0.15, -0.1) is 10.2 Å². The van der Waals surface area contributed by atoms with Crippen LogP contribution in [0.4, 0.5) is 5.82 Å². The number of anilines is 1. The molecule has 0 bridgehead atoms. The molecule has 75 valence electrons. The topological polar surface area (TPSA) is 68.4 Å². The molecule has 0 N–H and O–H groups in total. The number of aromatic nitrogens is 4. The Hall–Kier alpha value is -1.80. The third-order valence-corrected chi connectivity index (χ3v) is 2.33. The van der Waals surface area contributed by atoms with Crippen LogP contribution in [-0.2, 0) is 4.84 Å². The molecule has 0 spiro atoms. The number of hydroxylamine groups is 1. The Kier molecular flexibility index (Phi) is 1.93. The molecule has 3 rings (SSSR count). The second-order valence-electron chi connectivity index (χ2n) is 2.72. The summed E-state index contributed by atoms with van der Waals surface area (Å²) in [7, 11) is 0. The fourth-order valence-corrected chi connectivity index (χ4v) is 1.59. The Bertz CT molecular complexity index is 410. The van der Waals surface area contributed by atoms with Gasteiger partial charge in [0.05, 0.1) is 0 Å². The average Bonchev–Trinajstić information content (AvgIpc) is 3.02. The van der Waals surface area contributed by atoms with Crippen LogP contribution < -0.4 is 5.06 Å². The molecule has 1 aliphatic heterocycles. The van der Waals surface area contributed by atoms with Gasteiger partial charge < -0.3 is 0 Å². The van der Waals surface area contributed by atoms with Gasteiger partial charge in [-0.25, -0.2) is 9.83 Å². The lowest BCUT2D eigenvalue weighted by molar-refractivity contribution is 0.0335. The van der Waals surface area contributed by atoms with Gasteiger partial charge in [-0.1, -0.05) is 0 Å². The van der Waals surface area contributed by atoms with Crippen molar-refractivity contribution in [3.63, 3.8) is 0 Å². The molecule has 0 saturated heterocycles. The van der Waals surface area contributed by atoms with Crippen molar-refractivity contribution in [2.24, 2.45) is 4.99 Å². The number of rotatable bonds is 2. The molecule has 0 fully saturated rings. The van der Waals surface area contributed by atoms with Crippen molar-refractivity contribution < 1.29 is 4.84 Å². The Morgan fingerprint density at radius 2 is 2.27 bits per heavy atom. The molecule has 0 aromatic carbocycles. The van der Waals surface area contributed by atoms with Gasteiger partial charge in [0.2, 0.25) is 6.34 Å². The first-order valence-corrected chi connectivity index (χ1v) is 4.94. The van der Waals surface area contributed by atoms with Crippen LogP contribution in [0.3, 0.4) is 0 Å². The molecule has 1 unspecified atom stereocenters. The zero-order chi connectivity index (χ0) is 10.1. The Morgan fingerprint density at radius 1 is 1.40 bits per heavy atom. The average molecular weight is 221 g/mol. The van der Waals surface area contributed by atoms with Gasteiger partial charge in [-0.3, -0.25) is 4.57 Å². The predicted molar refractivity (Wildman–Crippen MR) is 52.2 cm³/mol. The van der Waals surface area contributed by atoms with E-state index in [1.807, 2.05) is 11.4 Å². The summed E-state index contributed by atoms with van der Waals surface area (Å²) in [6.07, 6.45) is 5.26. The fraction of sp³-hybridized carbons (Fsp3) is 0.143. The maximum absolute atomic E-state index is 5.43. The SMILES string of the molecule is [C]1=NC(n2cnnc2)ON1c1ccsn1. The lowest BCUT2D eigenvalue weighted by Crippen LogP contribution is -2.18. The van der Waals surface area contributed by atoms with Gasteiger partial charge in [0, 0.05) is 5.38 Å². The second kappa shape index (κ2) is 3.41. The first-order valence-electron chi connectivity index (χ1n) is 4.10. The summed E-state index contributed by atoms with van der Waals surface area (Å²) in [4.78, 5) is 9.45. The Labute approximate surface area is 88.8 Å². The zero-order valence-electron chi connectivity index (χ0n) is 7.39. The maximum atomic E-state index is 5.43. The molecule has 7 nitrogen and oxygen atoms in total. The molecule has 15 heavy (non-hydrogen) atoms. The van der Waals surface area contributed by atoms with Crippen LogP contribution in [0.5, 0.6) is 0 Å². The van der Waals surface area contributed by atoms with Crippen LogP contribution in [-0.4, -0.2) is 25.5 Å². The third-order valence-electron chi connectivity index (χ3n) is 1.78. The molecule has 3 heterocycles. The Balaban J connectivity index is 1.78. The van der Waals surface area contributed by atoms with Gasteiger partial charge in [0.15, 0.2) is 5.82 Å². The lowest BCUT2D eigenvalue weighted by atomic mass is 10.6. The summed E-state index contributed by atoms with van der Waals surface area (Å²) >= 11 is 1.34. The van der Waals surface area contributed by atoms with E-state index < -0.39 is 6.35 Å². The van der Waals surface area contributed by atoms with Crippen molar-refractivity contribution in [1.29, 1.82) is 0 Å². The third kappa shape index (κ3) is 1.49. The van der Waals surface area contributed by atoms with E-state index in [0.29, 0.717) is 5.82 Å². The molecule has 2 aromatic heterocycles. The van der Waals surface area contributed by atoms with E-state index in [4.69, 9.17) is 4.84 Å². The summed E-state index contributed by atoms with van der Waals surface area (Å²) < 4.78 is 5.72. The summed E-state index contributed by atoms with van der Waals surface area (Å²) in [6, 6.07) is 1.82. The highest BCUT2D eigenvalue weighted by Crippen LogP contribution is 2.22. The van der Waals surface area contributed by atoms with Crippen molar-refractivity contribution in [3.8, 4) is 0 Å². The molecule has 8 heteroatoms. The second-order valence-corrected chi connectivity index (χ2v) is 3.39. The molecular formula is C7H5N6OS. The highest BCUT2D eigenvalue weighted by atomic mass is 32.1. The number of aliphatic imine (C=N–C) groups is 1. The Morgan fingerprint density at radius 3 is 3.00 bits per heavy atom. The minimum atomic E-state index is -0.498. The minimum absolute atomic E-state index is 0.498. The van der Waals surface area contributed by atoms with Crippen molar-refractivity contribution in [2.75, 3.05) is 5.06 Å². The minimum Gasteiger partial charge on any atom is -0.272 e. The first kappa shape index (κ1) is 8.50. The summed E-state index contributed by atoms with van der Waals surface area (Å²) in [5.74, 6) is 0.666. The number of hydrogen-bond donors (Lipinski definition) is 0. The van der Waals surface area contributed by atoms with Gasteiger partial charge in [-0.05, 0) is 17.6 Å². The normalized spacial score (nSPS) is 20.0. The van der Waals surface area contributed by atoms with E-state index in [0.717, 1.165) is 0 Å². The smallest absolute Gasteiger partial charge is 0.260 e. The van der Waals surface area contributed by atoms with Crippen molar-refractivity contribution in [2.45, 2.75) is 6.35 Å². The van der Waals surface area contributed by atoms with Gasteiger partial charge in [0.25, 0.3) is 6.35 Å². The monoisotopic (exact) mass is 221 g/mol. The molecular weight excluding hydrogens is 216 g/mol. The van der Waals surface area contributed by atoms with Crippen LogP contribution in [0.1, 0.15) is 6.35 Å². The highest BCUT2D eigenvalue weighted by molar-refractivity contribution is 7.03. The van der Waals surface area contributed by atoms with Crippen LogP contribution in [0.2, 0.25) is 0 Å². The fourth-order valence-electron chi connectivity index (χ4n) is 1.10. The maximum Gasteiger partial charge on any atom is 0.260 e. The van der Waals surface area contributed by atoms with E-state index in [9.17, 15) is 0 Å². The number of hydrogen-bond acceptors (Lipinski definition) is 7.